The number of hydrogen-bond acceptors (Lipinski definition) is 6. The molecule has 0 aliphatic carbocycles. The molecule has 0 saturated heterocycles. The summed E-state index contributed by atoms with van der Waals surface area (Å²) in [6.07, 6.45) is 1.91. The van der Waals surface area contributed by atoms with Crippen molar-refractivity contribution in [3.05, 3.63) is 77.1 Å². The predicted molar refractivity (Wildman–Crippen MR) is 109 cm³/mol. The minimum Gasteiger partial charge on any atom is -0.292 e. The fourth-order valence-electron chi connectivity index (χ4n) is 4.16. The van der Waals surface area contributed by atoms with Crippen LogP contribution in [0.25, 0.3) is 0 Å². The number of aromatic nitrogens is 3. The van der Waals surface area contributed by atoms with Crippen molar-refractivity contribution in [3.8, 4) is 0 Å². The smallest absolute Gasteiger partial charge is 0.185 e. The first kappa shape index (κ1) is 18.6. The number of Topliss-reactive ketones (excluding diaryl/α,β-unsaturated/α-hetero) is 1. The normalized spacial score (nSPS) is 20.2. The number of nitrogens with zero attached hydrogens (tertiary/aromatic N) is 4. The van der Waals surface area contributed by atoms with Gasteiger partial charge in [0, 0.05) is 17.7 Å². The molecule has 0 radical (unpaired) electrons. The molecule has 1 aromatic heterocycles. The zero-order valence-corrected chi connectivity index (χ0v) is 16.4. The molecule has 3 heterocycles. The van der Waals surface area contributed by atoms with Crippen molar-refractivity contribution in [3.63, 3.8) is 0 Å². The van der Waals surface area contributed by atoms with Gasteiger partial charge in [0.25, 0.3) is 0 Å². The van der Waals surface area contributed by atoms with E-state index in [0.29, 0.717) is 34.9 Å². The van der Waals surface area contributed by atoms with Crippen LogP contribution in [0.5, 0.6) is 0 Å². The zero-order valence-electron chi connectivity index (χ0n) is 16.4. The lowest BCUT2D eigenvalue weighted by atomic mass is 9.83. The minimum absolute atomic E-state index is 0.0366. The monoisotopic (exact) mass is 405 g/mol. The van der Waals surface area contributed by atoms with E-state index >= 15 is 0 Å². The number of benzene rings is 2. The number of anilines is 1. The van der Waals surface area contributed by atoms with Gasteiger partial charge in [0.15, 0.2) is 5.78 Å². The maximum absolute atomic E-state index is 14.2. The van der Waals surface area contributed by atoms with Gasteiger partial charge in [-0.25, -0.2) is 14.1 Å². The Labute approximate surface area is 172 Å². The second-order valence-corrected chi connectivity index (χ2v) is 7.37. The SMILES string of the molecule is CCCn1ncnc1C1C2=NCC(=O)c3cc(F)cc(c32)NOC1c1ccccc1. The van der Waals surface area contributed by atoms with Crippen molar-refractivity contribution in [2.75, 3.05) is 12.0 Å². The van der Waals surface area contributed by atoms with E-state index in [4.69, 9.17) is 4.84 Å². The van der Waals surface area contributed by atoms with Gasteiger partial charge in [0.2, 0.25) is 0 Å². The van der Waals surface area contributed by atoms with E-state index in [-0.39, 0.29) is 12.3 Å². The molecule has 8 heteroatoms. The highest BCUT2D eigenvalue weighted by Crippen LogP contribution is 2.43. The molecule has 2 atom stereocenters. The van der Waals surface area contributed by atoms with E-state index < -0.39 is 17.8 Å². The van der Waals surface area contributed by atoms with Crippen molar-refractivity contribution in [2.24, 2.45) is 4.99 Å². The summed E-state index contributed by atoms with van der Waals surface area (Å²) in [4.78, 5) is 27.8. The van der Waals surface area contributed by atoms with E-state index in [1.54, 1.807) is 0 Å². The Balaban J connectivity index is 1.75. The summed E-state index contributed by atoms with van der Waals surface area (Å²) in [7, 11) is 0. The van der Waals surface area contributed by atoms with Gasteiger partial charge in [0.05, 0.1) is 17.3 Å². The Morgan fingerprint density at radius 2 is 2.10 bits per heavy atom. The van der Waals surface area contributed by atoms with Crippen LogP contribution in [-0.4, -0.2) is 32.8 Å². The quantitative estimate of drug-likeness (QED) is 0.716. The molecule has 0 fully saturated rings. The maximum Gasteiger partial charge on any atom is 0.185 e. The highest BCUT2D eigenvalue weighted by Gasteiger charge is 2.41. The molecule has 1 N–H and O–H groups in total. The fourth-order valence-corrected chi connectivity index (χ4v) is 4.16. The number of carbonyl (C=O) groups excluding carboxylic acids is 1. The standard InChI is InChI=1S/C22H20FN5O2/c1-2-8-28-22(25-12-26-28)19-20-18-15(17(29)11-24-20)9-14(23)10-16(18)27-30-21(19)13-6-4-3-5-7-13/h3-7,9-10,12,19,21,27H,2,8,11H2,1H3. The third-order valence-corrected chi connectivity index (χ3v) is 5.43. The Hall–Kier alpha value is -3.39. The van der Waals surface area contributed by atoms with Gasteiger partial charge in [-0.15, -0.1) is 0 Å². The summed E-state index contributed by atoms with van der Waals surface area (Å²) in [6.45, 7) is 2.72. The predicted octanol–water partition coefficient (Wildman–Crippen LogP) is 3.69. The summed E-state index contributed by atoms with van der Waals surface area (Å²) in [6, 6.07) is 12.3. The molecule has 2 aromatic carbocycles. The molecule has 0 spiro atoms. The number of aliphatic imine (C=N–C) groups is 1. The molecule has 30 heavy (non-hydrogen) atoms. The van der Waals surface area contributed by atoms with E-state index in [0.717, 1.165) is 12.0 Å². The average Bonchev–Trinajstić information content (AvgIpc) is 3.14. The Morgan fingerprint density at radius 1 is 1.27 bits per heavy atom. The number of nitrogens with one attached hydrogen (secondary N) is 1. The molecular weight excluding hydrogens is 385 g/mol. The van der Waals surface area contributed by atoms with Gasteiger partial charge in [0.1, 0.15) is 30.6 Å². The highest BCUT2D eigenvalue weighted by atomic mass is 19.1. The average molecular weight is 405 g/mol. The maximum atomic E-state index is 14.2. The first-order chi connectivity index (χ1) is 14.7. The van der Waals surface area contributed by atoms with Crippen molar-refractivity contribution in [1.82, 2.24) is 14.8 Å². The van der Waals surface area contributed by atoms with Crippen molar-refractivity contribution in [2.45, 2.75) is 31.9 Å². The largest absolute Gasteiger partial charge is 0.292 e. The summed E-state index contributed by atoms with van der Waals surface area (Å²) < 4.78 is 16.1. The summed E-state index contributed by atoms with van der Waals surface area (Å²) in [5.41, 5.74) is 5.73. The molecule has 152 valence electrons. The lowest BCUT2D eigenvalue weighted by molar-refractivity contribution is 0.0917. The second-order valence-electron chi connectivity index (χ2n) is 7.37. The van der Waals surface area contributed by atoms with Gasteiger partial charge < -0.3 is 0 Å². The molecule has 5 rings (SSSR count). The van der Waals surface area contributed by atoms with E-state index in [9.17, 15) is 9.18 Å². The summed E-state index contributed by atoms with van der Waals surface area (Å²) >= 11 is 0. The number of rotatable bonds is 4. The fraction of sp³-hybridized carbons (Fsp3) is 0.273. The zero-order chi connectivity index (χ0) is 20.7. The van der Waals surface area contributed by atoms with Crippen LogP contribution in [0.2, 0.25) is 0 Å². The molecule has 0 saturated carbocycles. The lowest BCUT2D eigenvalue weighted by Gasteiger charge is -2.27. The molecule has 7 nitrogen and oxygen atoms in total. The minimum atomic E-state index is -0.502. The number of halogens is 1. The first-order valence-electron chi connectivity index (χ1n) is 9.93. The molecule has 2 aliphatic rings. The van der Waals surface area contributed by atoms with Crippen molar-refractivity contribution in [1.29, 1.82) is 0 Å². The molecule has 3 aromatic rings. The van der Waals surface area contributed by atoms with Gasteiger partial charge in [-0.2, -0.15) is 5.10 Å². The second kappa shape index (κ2) is 7.46. The van der Waals surface area contributed by atoms with Crippen LogP contribution in [0.3, 0.4) is 0 Å². The molecule has 2 aliphatic heterocycles. The number of carbonyl (C=O) groups is 1. The van der Waals surface area contributed by atoms with Crippen LogP contribution in [-0.2, 0) is 11.4 Å². The number of ketones is 1. The molecule has 2 unspecified atom stereocenters. The first-order valence-corrected chi connectivity index (χ1v) is 9.93. The van der Waals surface area contributed by atoms with Crippen LogP contribution in [0.15, 0.2) is 53.8 Å². The topological polar surface area (TPSA) is 81.4 Å². The van der Waals surface area contributed by atoms with E-state index in [1.165, 1.54) is 18.5 Å². The van der Waals surface area contributed by atoms with Crippen LogP contribution in [0.1, 0.15) is 52.7 Å². The van der Waals surface area contributed by atoms with Gasteiger partial charge in [-0.1, -0.05) is 37.3 Å². The third-order valence-electron chi connectivity index (χ3n) is 5.43. The Bertz CT molecular complexity index is 1140. The van der Waals surface area contributed by atoms with Crippen LogP contribution < -0.4 is 5.48 Å². The lowest BCUT2D eigenvalue weighted by Crippen LogP contribution is -2.29. The van der Waals surface area contributed by atoms with Crippen LogP contribution >= 0.6 is 0 Å². The summed E-state index contributed by atoms with van der Waals surface area (Å²) in [5.74, 6) is -0.446. The van der Waals surface area contributed by atoms with Gasteiger partial charge in [-0.3, -0.25) is 20.1 Å². The Kier molecular flexibility index (Phi) is 4.63. The molecular formula is C22H20FN5O2. The Morgan fingerprint density at radius 3 is 2.90 bits per heavy atom. The van der Waals surface area contributed by atoms with E-state index in [2.05, 4.69) is 27.5 Å². The van der Waals surface area contributed by atoms with Crippen LogP contribution in [0.4, 0.5) is 10.1 Å². The van der Waals surface area contributed by atoms with Gasteiger partial charge >= 0.3 is 0 Å². The van der Waals surface area contributed by atoms with Crippen LogP contribution in [0, 0.1) is 5.82 Å². The molecule has 0 bridgehead atoms. The number of aryl methyl sites for hydroxylation is 1. The van der Waals surface area contributed by atoms with E-state index in [1.807, 2.05) is 35.0 Å². The van der Waals surface area contributed by atoms with Crippen molar-refractivity contribution >= 4 is 17.2 Å². The van der Waals surface area contributed by atoms with Gasteiger partial charge in [-0.05, 0) is 24.1 Å². The third kappa shape index (κ3) is 3.00. The van der Waals surface area contributed by atoms with Crippen molar-refractivity contribution < 1.29 is 14.0 Å². The number of hydrogen-bond donors (Lipinski definition) is 1. The summed E-state index contributed by atoms with van der Waals surface area (Å²) in [5, 5.41) is 4.38. The molecule has 0 amide bonds. The highest BCUT2D eigenvalue weighted by molar-refractivity contribution is 6.20.